The van der Waals surface area contributed by atoms with Gasteiger partial charge in [0.2, 0.25) is 0 Å². The number of benzene rings is 3. The van der Waals surface area contributed by atoms with Crippen LogP contribution in [-0.4, -0.2) is 11.6 Å². The van der Waals surface area contributed by atoms with Crippen LogP contribution in [0.3, 0.4) is 0 Å². The Morgan fingerprint density at radius 1 is 0.808 bits per heavy atom. The predicted molar refractivity (Wildman–Crippen MR) is 101 cm³/mol. The van der Waals surface area contributed by atoms with Crippen LogP contribution in [0.5, 0.6) is 0 Å². The molecule has 0 unspecified atom stereocenters. The average Bonchev–Trinajstić information content (AvgIpc) is 3.01. The first-order valence-corrected chi connectivity index (χ1v) is 8.23. The van der Waals surface area contributed by atoms with Crippen molar-refractivity contribution in [3.8, 4) is 0 Å². The zero-order valence-electron chi connectivity index (χ0n) is 13.8. The van der Waals surface area contributed by atoms with Crippen LogP contribution in [0, 0.1) is 5.82 Å². The molecule has 1 aliphatic rings. The number of hydrazone groups is 1. The summed E-state index contributed by atoms with van der Waals surface area (Å²) in [6.07, 6.45) is 1.75. The van der Waals surface area contributed by atoms with Gasteiger partial charge in [0.05, 0.1) is 11.3 Å². The third-order valence-electron chi connectivity index (χ3n) is 4.11. The molecule has 0 fully saturated rings. The number of rotatable bonds is 3. The molecule has 3 aromatic rings. The molecule has 0 radical (unpaired) electrons. The van der Waals surface area contributed by atoms with Crippen molar-refractivity contribution in [2.24, 2.45) is 5.10 Å². The molecule has 1 amide bonds. The maximum Gasteiger partial charge on any atom is 0.281 e. The summed E-state index contributed by atoms with van der Waals surface area (Å²) in [5, 5.41) is 5.96. The summed E-state index contributed by atoms with van der Waals surface area (Å²) in [6, 6.07) is 24.9. The maximum absolute atomic E-state index is 13.2. The van der Waals surface area contributed by atoms with E-state index in [1.165, 1.54) is 17.1 Å². The first kappa shape index (κ1) is 16.0. The summed E-state index contributed by atoms with van der Waals surface area (Å²) in [6.45, 7) is 0. The molecule has 0 N–H and O–H groups in total. The Bertz CT molecular complexity index is 993. The zero-order chi connectivity index (χ0) is 17.9. The third kappa shape index (κ3) is 3.05. The summed E-state index contributed by atoms with van der Waals surface area (Å²) in [4.78, 5) is 13.0. The van der Waals surface area contributed by atoms with Crippen molar-refractivity contribution in [2.45, 2.75) is 0 Å². The summed E-state index contributed by atoms with van der Waals surface area (Å²) < 4.78 is 13.2. The van der Waals surface area contributed by atoms with Crippen molar-refractivity contribution in [3.05, 3.63) is 107 Å². The number of amides is 1. The van der Waals surface area contributed by atoms with E-state index in [1.807, 2.05) is 60.7 Å². The van der Waals surface area contributed by atoms with Crippen LogP contribution in [0.15, 0.2) is 95.6 Å². The molecular formula is C22H15FN2O. The smallest absolute Gasteiger partial charge is 0.267 e. The highest BCUT2D eigenvalue weighted by molar-refractivity contribution is 6.37. The third-order valence-corrected chi connectivity index (χ3v) is 4.11. The fourth-order valence-corrected chi connectivity index (χ4v) is 2.82. The molecule has 4 rings (SSSR count). The maximum atomic E-state index is 13.2. The van der Waals surface area contributed by atoms with E-state index in [0.29, 0.717) is 17.0 Å². The normalized spacial score (nSPS) is 15.4. The number of hydrogen-bond acceptors (Lipinski definition) is 2. The Morgan fingerprint density at radius 3 is 2.08 bits per heavy atom. The molecule has 0 bridgehead atoms. The molecule has 0 atom stereocenters. The van der Waals surface area contributed by atoms with Crippen LogP contribution < -0.4 is 5.01 Å². The summed E-state index contributed by atoms with van der Waals surface area (Å²) in [7, 11) is 0. The molecule has 4 heteroatoms. The van der Waals surface area contributed by atoms with Gasteiger partial charge in [-0.2, -0.15) is 10.1 Å². The number of hydrogen-bond donors (Lipinski definition) is 0. The van der Waals surface area contributed by atoms with Gasteiger partial charge in [0.15, 0.2) is 0 Å². The average molecular weight is 342 g/mol. The van der Waals surface area contributed by atoms with Gasteiger partial charge in [-0.25, -0.2) is 4.39 Å². The molecule has 0 aliphatic carbocycles. The highest BCUT2D eigenvalue weighted by atomic mass is 19.1. The molecule has 3 nitrogen and oxygen atoms in total. The zero-order valence-corrected chi connectivity index (χ0v) is 13.8. The first-order valence-electron chi connectivity index (χ1n) is 8.23. The van der Waals surface area contributed by atoms with E-state index >= 15 is 0 Å². The second-order valence-corrected chi connectivity index (χ2v) is 5.88. The van der Waals surface area contributed by atoms with Crippen LogP contribution in [-0.2, 0) is 4.79 Å². The minimum Gasteiger partial charge on any atom is -0.267 e. The second-order valence-electron chi connectivity index (χ2n) is 5.88. The molecule has 0 saturated carbocycles. The van der Waals surface area contributed by atoms with E-state index in [9.17, 15) is 9.18 Å². The van der Waals surface area contributed by atoms with Crippen LogP contribution >= 0.6 is 0 Å². The van der Waals surface area contributed by atoms with Crippen molar-refractivity contribution in [2.75, 3.05) is 5.01 Å². The van der Waals surface area contributed by atoms with Crippen LogP contribution in [0.2, 0.25) is 0 Å². The first-order chi connectivity index (χ1) is 12.7. The van der Waals surface area contributed by atoms with Gasteiger partial charge in [-0.15, -0.1) is 0 Å². The molecule has 0 saturated heterocycles. The monoisotopic (exact) mass is 342 g/mol. The van der Waals surface area contributed by atoms with Crippen molar-refractivity contribution in [3.63, 3.8) is 0 Å². The van der Waals surface area contributed by atoms with Crippen LogP contribution in [0.25, 0.3) is 6.08 Å². The Kier molecular flexibility index (Phi) is 4.15. The highest BCUT2D eigenvalue weighted by Gasteiger charge is 2.31. The Hall–Kier alpha value is -3.53. The topological polar surface area (TPSA) is 32.7 Å². The molecule has 26 heavy (non-hydrogen) atoms. The molecule has 0 spiro atoms. The lowest BCUT2D eigenvalue weighted by Crippen LogP contribution is -2.21. The van der Waals surface area contributed by atoms with Gasteiger partial charge in [0, 0.05) is 5.56 Å². The predicted octanol–water partition coefficient (Wildman–Crippen LogP) is 4.66. The summed E-state index contributed by atoms with van der Waals surface area (Å²) >= 11 is 0. The number of para-hydroxylation sites is 1. The van der Waals surface area contributed by atoms with Gasteiger partial charge in [0.25, 0.3) is 5.91 Å². The minimum absolute atomic E-state index is 0.209. The lowest BCUT2D eigenvalue weighted by molar-refractivity contribution is -0.114. The Morgan fingerprint density at radius 2 is 1.42 bits per heavy atom. The van der Waals surface area contributed by atoms with Gasteiger partial charge >= 0.3 is 0 Å². The van der Waals surface area contributed by atoms with Gasteiger partial charge in [-0.05, 0) is 35.9 Å². The van der Waals surface area contributed by atoms with E-state index in [1.54, 1.807) is 18.2 Å². The standard InChI is InChI=1S/C22H15FN2O/c23-18-13-11-16(12-14-18)15-20-21(17-7-3-1-4-8-17)24-25(22(20)26)19-9-5-2-6-10-19/h1-15H. The van der Waals surface area contributed by atoms with E-state index in [0.717, 1.165) is 11.1 Å². The summed E-state index contributed by atoms with van der Waals surface area (Å²) in [5.74, 6) is -0.521. The number of carbonyl (C=O) groups is 1. The van der Waals surface area contributed by atoms with Gasteiger partial charge in [-0.1, -0.05) is 60.7 Å². The van der Waals surface area contributed by atoms with Crippen molar-refractivity contribution >= 4 is 23.4 Å². The number of nitrogens with zero attached hydrogens (tertiary/aromatic N) is 2. The van der Waals surface area contributed by atoms with Crippen molar-refractivity contribution < 1.29 is 9.18 Å². The van der Waals surface area contributed by atoms with E-state index in [-0.39, 0.29) is 11.7 Å². The summed E-state index contributed by atoms with van der Waals surface area (Å²) in [5.41, 5.74) is 3.38. The van der Waals surface area contributed by atoms with Gasteiger partial charge in [0.1, 0.15) is 11.5 Å². The minimum atomic E-state index is -0.312. The molecule has 1 aliphatic heterocycles. The van der Waals surface area contributed by atoms with Crippen LogP contribution in [0.1, 0.15) is 11.1 Å². The lowest BCUT2D eigenvalue weighted by atomic mass is 10.0. The Labute approximate surface area is 150 Å². The van der Waals surface area contributed by atoms with Gasteiger partial charge in [-0.3, -0.25) is 4.79 Å². The Balaban J connectivity index is 1.82. The van der Waals surface area contributed by atoms with Gasteiger partial charge < -0.3 is 0 Å². The van der Waals surface area contributed by atoms with Crippen molar-refractivity contribution in [1.29, 1.82) is 0 Å². The highest BCUT2D eigenvalue weighted by Crippen LogP contribution is 2.27. The van der Waals surface area contributed by atoms with Crippen molar-refractivity contribution in [1.82, 2.24) is 0 Å². The molecule has 0 aromatic heterocycles. The second kappa shape index (κ2) is 6.76. The van der Waals surface area contributed by atoms with E-state index < -0.39 is 0 Å². The largest absolute Gasteiger partial charge is 0.281 e. The van der Waals surface area contributed by atoms with Crippen LogP contribution in [0.4, 0.5) is 10.1 Å². The van der Waals surface area contributed by atoms with E-state index in [4.69, 9.17) is 0 Å². The number of halogens is 1. The lowest BCUT2D eigenvalue weighted by Gasteiger charge is -2.10. The SMILES string of the molecule is O=C1C(=Cc2ccc(F)cc2)C(c2ccccc2)=NN1c1ccccc1. The molecular weight excluding hydrogens is 327 g/mol. The quantitative estimate of drug-likeness (QED) is 0.637. The number of carbonyl (C=O) groups excluding carboxylic acids is 1. The number of anilines is 1. The molecule has 3 aromatic carbocycles. The van der Waals surface area contributed by atoms with E-state index in [2.05, 4.69) is 5.10 Å². The fraction of sp³-hybridized carbons (Fsp3) is 0. The molecule has 126 valence electrons. The molecule has 1 heterocycles. The fourth-order valence-electron chi connectivity index (χ4n) is 2.82.